The number of aromatic hydroxyl groups is 1. The van der Waals surface area contributed by atoms with Crippen molar-refractivity contribution in [2.45, 2.75) is 0 Å². The average Bonchev–Trinajstić information content (AvgIpc) is 2.33. The summed E-state index contributed by atoms with van der Waals surface area (Å²) in [5.74, 6) is -1.44. The van der Waals surface area contributed by atoms with Crippen LogP contribution in [0.25, 0.3) is 0 Å². The molecule has 0 spiro atoms. The van der Waals surface area contributed by atoms with Gasteiger partial charge >= 0.3 is 0 Å². The van der Waals surface area contributed by atoms with E-state index in [2.05, 4.69) is 10.6 Å². The van der Waals surface area contributed by atoms with Crippen molar-refractivity contribution in [3.8, 4) is 5.75 Å². The van der Waals surface area contributed by atoms with E-state index in [4.69, 9.17) is 9.84 Å². The quantitative estimate of drug-likeness (QED) is 0.621. The highest BCUT2D eigenvalue weighted by Gasteiger charge is 2.11. The first-order valence-corrected chi connectivity index (χ1v) is 5.61. The number of amides is 1. The van der Waals surface area contributed by atoms with E-state index in [9.17, 15) is 9.18 Å². The highest BCUT2D eigenvalue weighted by molar-refractivity contribution is 5.94. The Hall–Kier alpha value is -1.66. The first-order valence-electron chi connectivity index (χ1n) is 5.61. The highest BCUT2D eigenvalue weighted by Crippen LogP contribution is 2.14. The van der Waals surface area contributed by atoms with Crippen LogP contribution in [0.15, 0.2) is 18.2 Å². The standard InChI is InChI=1S/C12H17FN2O3/c1-18-7-6-14-4-5-15-12(17)10-3-2-9(16)8-11(10)13/h2-3,8,14,16H,4-7H2,1H3,(H,15,17). The fourth-order valence-corrected chi connectivity index (χ4v) is 1.35. The molecule has 0 bridgehead atoms. The van der Waals surface area contributed by atoms with Crippen LogP contribution in [0, 0.1) is 5.82 Å². The third-order valence-electron chi connectivity index (χ3n) is 2.27. The number of hydrogen-bond donors (Lipinski definition) is 3. The number of methoxy groups -OCH3 is 1. The van der Waals surface area contributed by atoms with E-state index >= 15 is 0 Å². The van der Waals surface area contributed by atoms with Gasteiger partial charge in [0.2, 0.25) is 0 Å². The summed E-state index contributed by atoms with van der Waals surface area (Å²) in [6.45, 7) is 2.26. The molecule has 0 heterocycles. The van der Waals surface area contributed by atoms with E-state index in [1.54, 1.807) is 7.11 Å². The maximum atomic E-state index is 13.3. The monoisotopic (exact) mass is 256 g/mol. The van der Waals surface area contributed by atoms with Crippen molar-refractivity contribution in [2.24, 2.45) is 0 Å². The molecule has 100 valence electrons. The van der Waals surface area contributed by atoms with E-state index in [-0.39, 0.29) is 11.3 Å². The number of phenols is 1. The van der Waals surface area contributed by atoms with Gasteiger partial charge in [-0.25, -0.2) is 4.39 Å². The second-order valence-corrected chi connectivity index (χ2v) is 3.66. The lowest BCUT2D eigenvalue weighted by molar-refractivity contribution is 0.0949. The zero-order valence-corrected chi connectivity index (χ0v) is 10.2. The van der Waals surface area contributed by atoms with Gasteiger partial charge in [0.15, 0.2) is 0 Å². The maximum absolute atomic E-state index is 13.3. The summed E-state index contributed by atoms with van der Waals surface area (Å²) >= 11 is 0. The van der Waals surface area contributed by atoms with Crippen molar-refractivity contribution in [2.75, 3.05) is 33.4 Å². The van der Waals surface area contributed by atoms with E-state index < -0.39 is 11.7 Å². The summed E-state index contributed by atoms with van der Waals surface area (Å²) in [7, 11) is 1.61. The van der Waals surface area contributed by atoms with Crippen LogP contribution < -0.4 is 10.6 Å². The molecule has 0 aliphatic carbocycles. The molecule has 0 aromatic heterocycles. The number of rotatable bonds is 7. The molecule has 6 heteroatoms. The molecule has 1 aromatic rings. The van der Waals surface area contributed by atoms with E-state index in [1.807, 2.05) is 0 Å². The van der Waals surface area contributed by atoms with Crippen LogP contribution in [-0.2, 0) is 4.74 Å². The molecule has 0 fully saturated rings. The Labute approximate surface area is 105 Å². The van der Waals surface area contributed by atoms with Gasteiger partial charge in [-0.1, -0.05) is 0 Å². The fraction of sp³-hybridized carbons (Fsp3) is 0.417. The molecular weight excluding hydrogens is 239 g/mol. The zero-order valence-electron chi connectivity index (χ0n) is 10.2. The van der Waals surface area contributed by atoms with Gasteiger partial charge in [-0.05, 0) is 12.1 Å². The molecule has 0 saturated carbocycles. The predicted molar refractivity (Wildman–Crippen MR) is 65.1 cm³/mol. The molecule has 0 radical (unpaired) electrons. The zero-order chi connectivity index (χ0) is 13.4. The Morgan fingerprint density at radius 1 is 1.39 bits per heavy atom. The molecule has 0 atom stereocenters. The van der Waals surface area contributed by atoms with Crippen LogP contribution in [0.5, 0.6) is 5.75 Å². The molecule has 0 unspecified atom stereocenters. The fourth-order valence-electron chi connectivity index (χ4n) is 1.35. The Bertz CT molecular complexity index is 399. The number of phenolic OH excluding ortho intramolecular Hbond substituents is 1. The summed E-state index contributed by atoms with van der Waals surface area (Å²) in [6.07, 6.45) is 0. The lowest BCUT2D eigenvalue weighted by Crippen LogP contribution is -2.33. The van der Waals surface area contributed by atoms with Crippen LogP contribution >= 0.6 is 0 Å². The Kier molecular flexibility index (Phi) is 6.10. The molecule has 3 N–H and O–H groups in total. The van der Waals surface area contributed by atoms with Crippen LogP contribution in [0.1, 0.15) is 10.4 Å². The molecule has 0 saturated heterocycles. The van der Waals surface area contributed by atoms with Crippen LogP contribution in [0.2, 0.25) is 0 Å². The molecular formula is C12H17FN2O3. The van der Waals surface area contributed by atoms with Gasteiger partial charge in [0, 0.05) is 32.8 Å². The second-order valence-electron chi connectivity index (χ2n) is 3.66. The van der Waals surface area contributed by atoms with Crippen LogP contribution in [0.3, 0.4) is 0 Å². The maximum Gasteiger partial charge on any atom is 0.254 e. The molecule has 0 aliphatic heterocycles. The third-order valence-corrected chi connectivity index (χ3v) is 2.27. The Balaban J connectivity index is 2.32. The summed E-state index contributed by atoms with van der Waals surface area (Å²) < 4.78 is 18.2. The minimum atomic E-state index is -0.736. The summed E-state index contributed by atoms with van der Waals surface area (Å²) in [5.41, 5.74) is -0.0790. The summed E-state index contributed by atoms with van der Waals surface area (Å²) in [5, 5.41) is 14.6. The van der Waals surface area contributed by atoms with Gasteiger partial charge in [0.05, 0.1) is 12.2 Å². The number of halogens is 1. The summed E-state index contributed by atoms with van der Waals surface area (Å²) in [6, 6.07) is 3.43. The number of carbonyl (C=O) groups is 1. The van der Waals surface area contributed by atoms with E-state index in [0.29, 0.717) is 26.2 Å². The lowest BCUT2D eigenvalue weighted by atomic mass is 10.2. The van der Waals surface area contributed by atoms with Gasteiger partial charge in [-0.15, -0.1) is 0 Å². The number of hydrogen-bond acceptors (Lipinski definition) is 4. The minimum Gasteiger partial charge on any atom is -0.508 e. The predicted octanol–water partition coefficient (Wildman–Crippen LogP) is 0.497. The SMILES string of the molecule is COCCNCCNC(=O)c1ccc(O)cc1F. The highest BCUT2D eigenvalue weighted by atomic mass is 19.1. The number of ether oxygens (including phenoxy) is 1. The van der Waals surface area contributed by atoms with E-state index in [0.717, 1.165) is 6.07 Å². The van der Waals surface area contributed by atoms with Crippen LogP contribution in [-0.4, -0.2) is 44.4 Å². The van der Waals surface area contributed by atoms with Crippen molar-refractivity contribution in [1.29, 1.82) is 0 Å². The second kappa shape index (κ2) is 7.62. The van der Waals surface area contributed by atoms with Crippen molar-refractivity contribution in [3.63, 3.8) is 0 Å². The first kappa shape index (κ1) is 14.4. The van der Waals surface area contributed by atoms with Crippen molar-refractivity contribution in [1.82, 2.24) is 10.6 Å². The Morgan fingerprint density at radius 3 is 2.83 bits per heavy atom. The van der Waals surface area contributed by atoms with Crippen molar-refractivity contribution in [3.05, 3.63) is 29.6 Å². The molecule has 1 amide bonds. The van der Waals surface area contributed by atoms with Gasteiger partial charge in [0.25, 0.3) is 5.91 Å². The van der Waals surface area contributed by atoms with E-state index in [1.165, 1.54) is 12.1 Å². The molecule has 5 nitrogen and oxygen atoms in total. The van der Waals surface area contributed by atoms with Gasteiger partial charge in [-0.3, -0.25) is 4.79 Å². The topological polar surface area (TPSA) is 70.6 Å². The third kappa shape index (κ3) is 4.68. The molecule has 18 heavy (non-hydrogen) atoms. The minimum absolute atomic E-state index is 0.0790. The van der Waals surface area contributed by atoms with Crippen molar-refractivity contribution >= 4 is 5.91 Å². The largest absolute Gasteiger partial charge is 0.508 e. The molecule has 0 aliphatic rings. The average molecular weight is 256 g/mol. The first-order chi connectivity index (χ1) is 8.65. The van der Waals surface area contributed by atoms with Gasteiger partial charge in [-0.2, -0.15) is 0 Å². The summed E-state index contributed by atoms with van der Waals surface area (Å²) in [4.78, 5) is 11.6. The number of benzene rings is 1. The van der Waals surface area contributed by atoms with Gasteiger partial charge in [0.1, 0.15) is 11.6 Å². The van der Waals surface area contributed by atoms with Crippen molar-refractivity contribution < 1.29 is 19.0 Å². The normalized spacial score (nSPS) is 10.3. The molecule has 1 aromatic carbocycles. The Morgan fingerprint density at radius 2 is 2.17 bits per heavy atom. The number of carbonyl (C=O) groups excluding carboxylic acids is 1. The smallest absolute Gasteiger partial charge is 0.254 e. The van der Waals surface area contributed by atoms with Gasteiger partial charge < -0.3 is 20.5 Å². The lowest BCUT2D eigenvalue weighted by Gasteiger charge is -2.07. The van der Waals surface area contributed by atoms with Crippen LogP contribution in [0.4, 0.5) is 4.39 Å². The molecule has 1 rings (SSSR count). The number of nitrogens with one attached hydrogen (secondary N) is 2.